The molecular formula is C15H21N3O3. The quantitative estimate of drug-likeness (QED) is 0.818. The number of carbonyl (C=O) groups excluding carboxylic acids is 1. The van der Waals surface area contributed by atoms with E-state index < -0.39 is 11.8 Å². The van der Waals surface area contributed by atoms with Gasteiger partial charge in [0.05, 0.1) is 6.54 Å². The van der Waals surface area contributed by atoms with Gasteiger partial charge in [-0.1, -0.05) is 18.2 Å². The van der Waals surface area contributed by atoms with E-state index in [1.54, 1.807) is 7.05 Å². The molecule has 1 fully saturated rings. The molecule has 1 heterocycles. The maximum absolute atomic E-state index is 11.5. The third-order valence-electron chi connectivity index (χ3n) is 4.14. The minimum Gasteiger partial charge on any atom is -0.465 e. The van der Waals surface area contributed by atoms with E-state index in [1.165, 1.54) is 4.90 Å². The minimum atomic E-state index is -1.00. The Hall–Kier alpha value is -2.08. The lowest BCUT2D eigenvalue weighted by Crippen LogP contribution is -2.70. The van der Waals surface area contributed by atoms with Crippen LogP contribution in [-0.2, 0) is 4.79 Å². The number of amides is 1. The largest absolute Gasteiger partial charge is 0.465 e. The third kappa shape index (κ3) is 2.85. The highest BCUT2D eigenvalue weighted by Gasteiger charge is 2.43. The van der Waals surface area contributed by atoms with Gasteiger partial charge in [0.25, 0.3) is 0 Å². The average Bonchev–Trinajstić information content (AvgIpc) is 2.47. The van der Waals surface area contributed by atoms with Crippen molar-refractivity contribution in [2.24, 2.45) is 0 Å². The smallest absolute Gasteiger partial charge is 0.408 e. The Balaban J connectivity index is 2.33. The number of rotatable bonds is 4. The molecule has 6 nitrogen and oxygen atoms in total. The molecule has 0 aromatic heterocycles. The van der Waals surface area contributed by atoms with Gasteiger partial charge < -0.3 is 14.8 Å². The van der Waals surface area contributed by atoms with Crippen LogP contribution in [0.3, 0.4) is 0 Å². The Morgan fingerprint density at radius 3 is 2.71 bits per heavy atom. The summed E-state index contributed by atoms with van der Waals surface area (Å²) in [5.41, 5.74) is 1.33. The van der Waals surface area contributed by atoms with Gasteiger partial charge in [-0.2, -0.15) is 0 Å². The second-order valence-corrected chi connectivity index (χ2v) is 5.29. The molecule has 1 amide bonds. The second-order valence-electron chi connectivity index (χ2n) is 5.29. The van der Waals surface area contributed by atoms with E-state index in [-0.39, 0.29) is 6.42 Å². The van der Waals surface area contributed by atoms with E-state index in [1.807, 2.05) is 31.2 Å². The highest BCUT2D eigenvalue weighted by molar-refractivity contribution is 5.69. The Morgan fingerprint density at radius 2 is 2.14 bits per heavy atom. The van der Waals surface area contributed by atoms with Gasteiger partial charge >= 0.3 is 6.09 Å². The number of hydrogen-bond acceptors (Lipinski definition) is 4. The van der Waals surface area contributed by atoms with Crippen molar-refractivity contribution in [2.75, 3.05) is 31.6 Å². The van der Waals surface area contributed by atoms with Crippen LogP contribution in [0.1, 0.15) is 12.0 Å². The highest BCUT2D eigenvalue weighted by Crippen LogP contribution is 2.28. The number of likely N-dealkylation sites (N-methyl/N-ethyl adjacent to an activating group) is 1. The Labute approximate surface area is 124 Å². The van der Waals surface area contributed by atoms with Gasteiger partial charge in [0, 0.05) is 25.2 Å². The normalized spacial score (nSPS) is 22.2. The zero-order valence-electron chi connectivity index (χ0n) is 12.4. The number of benzene rings is 1. The number of piperazine rings is 1. The zero-order chi connectivity index (χ0) is 15.5. The van der Waals surface area contributed by atoms with Crippen LogP contribution in [0.2, 0.25) is 0 Å². The summed E-state index contributed by atoms with van der Waals surface area (Å²) < 4.78 is 0. The summed E-state index contributed by atoms with van der Waals surface area (Å²) in [5, 5.41) is 12.4. The SMILES string of the molecule is CNC1(CC=O)CN(c2ccccc2C)CCN1C(=O)O. The van der Waals surface area contributed by atoms with E-state index >= 15 is 0 Å². The van der Waals surface area contributed by atoms with Crippen molar-refractivity contribution >= 4 is 18.1 Å². The molecule has 1 aromatic rings. The molecule has 0 spiro atoms. The maximum Gasteiger partial charge on any atom is 0.408 e. The molecule has 1 aliphatic heterocycles. The molecular weight excluding hydrogens is 270 g/mol. The molecule has 6 heteroatoms. The van der Waals surface area contributed by atoms with E-state index in [0.29, 0.717) is 19.6 Å². The van der Waals surface area contributed by atoms with Crippen LogP contribution in [0.5, 0.6) is 0 Å². The average molecular weight is 291 g/mol. The number of aryl methyl sites for hydroxylation is 1. The Morgan fingerprint density at radius 1 is 1.43 bits per heavy atom. The summed E-state index contributed by atoms with van der Waals surface area (Å²) >= 11 is 0. The number of carboxylic acid groups (broad SMARTS) is 1. The first-order chi connectivity index (χ1) is 10.0. The fourth-order valence-corrected chi connectivity index (χ4v) is 2.95. The monoisotopic (exact) mass is 291 g/mol. The molecule has 2 rings (SSSR count). The Bertz CT molecular complexity index is 535. The van der Waals surface area contributed by atoms with Gasteiger partial charge in [0.15, 0.2) is 0 Å². The summed E-state index contributed by atoms with van der Waals surface area (Å²) in [7, 11) is 1.70. The standard InChI is InChI=1S/C15H21N3O3/c1-12-5-3-4-6-13(12)17-8-9-18(14(20)21)15(11-17,16-2)7-10-19/h3-6,10,16H,7-9,11H2,1-2H3,(H,20,21). The van der Waals surface area contributed by atoms with Crippen LogP contribution in [0.15, 0.2) is 24.3 Å². The van der Waals surface area contributed by atoms with Crippen LogP contribution in [0.25, 0.3) is 0 Å². The number of nitrogens with one attached hydrogen (secondary N) is 1. The van der Waals surface area contributed by atoms with Crippen LogP contribution in [-0.4, -0.2) is 54.7 Å². The first kappa shape index (κ1) is 15.3. The maximum atomic E-state index is 11.5. The molecule has 0 aliphatic carbocycles. The van der Waals surface area contributed by atoms with Crippen molar-refractivity contribution < 1.29 is 14.7 Å². The highest BCUT2D eigenvalue weighted by atomic mass is 16.4. The fourth-order valence-electron chi connectivity index (χ4n) is 2.95. The first-order valence-corrected chi connectivity index (χ1v) is 6.98. The van der Waals surface area contributed by atoms with Crippen molar-refractivity contribution in [3.05, 3.63) is 29.8 Å². The molecule has 1 atom stereocenters. The number of aldehydes is 1. The van der Waals surface area contributed by atoms with Crippen LogP contribution >= 0.6 is 0 Å². The number of carbonyl (C=O) groups is 2. The van der Waals surface area contributed by atoms with E-state index in [9.17, 15) is 14.7 Å². The third-order valence-corrected chi connectivity index (χ3v) is 4.14. The number of nitrogens with zero attached hydrogens (tertiary/aromatic N) is 2. The van der Waals surface area contributed by atoms with Gasteiger partial charge in [-0.3, -0.25) is 10.2 Å². The summed E-state index contributed by atoms with van der Waals surface area (Å²) in [4.78, 5) is 26.0. The van der Waals surface area contributed by atoms with E-state index in [2.05, 4.69) is 10.2 Å². The topological polar surface area (TPSA) is 72.9 Å². The van der Waals surface area contributed by atoms with E-state index in [0.717, 1.165) is 17.5 Å². The van der Waals surface area contributed by atoms with Crippen molar-refractivity contribution in [1.29, 1.82) is 0 Å². The van der Waals surface area contributed by atoms with Crippen molar-refractivity contribution in [2.45, 2.75) is 19.0 Å². The molecule has 1 aromatic carbocycles. The van der Waals surface area contributed by atoms with Crippen LogP contribution in [0.4, 0.5) is 10.5 Å². The molecule has 21 heavy (non-hydrogen) atoms. The second kappa shape index (κ2) is 6.13. The molecule has 0 radical (unpaired) electrons. The lowest BCUT2D eigenvalue weighted by atomic mass is 9.99. The summed E-state index contributed by atoms with van der Waals surface area (Å²) in [6, 6.07) is 7.99. The molecule has 0 saturated carbocycles. The molecule has 1 saturated heterocycles. The molecule has 1 unspecified atom stereocenters. The fraction of sp³-hybridized carbons (Fsp3) is 0.467. The van der Waals surface area contributed by atoms with Gasteiger partial charge in [0.2, 0.25) is 0 Å². The molecule has 1 aliphatic rings. The van der Waals surface area contributed by atoms with E-state index in [4.69, 9.17) is 0 Å². The predicted molar refractivity (Wildman–Crippen MR) is 80.6 cm³/mol. The zero-order valence-corrected chi connectivity index (χ0v) is 12.4. The lowest BCUT2D eigenvalue weighted by Gasteiger charge is -2.49. The first-order valence-electron chi connectivity index (χ1n) is 6.98. The minimum absolute atomic E-state index is 0.123. The number of hydrogen-bond donors (Lipinski definition) is 2. The number of anilines is 1. The molecule has 0 bridgehead atoms. The van der Waals surface area contributed by atoms with Crippen molar-refractivity contribution in [1.82, 2.24) is 10.2 Å². The predicted octanol–water partition coefficient (Wildman–Crippen LogP) is 1.30. The summed E-state index contributed by atoms with van der Waals surface area (Å²) in [5.74, 6) is 0. The van der Waals surface area contributed by atoms with Crippen LogP contribution < -0.4 is 10.2 Å². The van der Waals surface area contributed by atoms with Crippen molar-refractivity contribution in [3.8, 4) is 0 Å². The van der Waals surface area contributed by atoms with Crippen LogP contribution in [0, 0.1) is 6.92 Å². The van der Waals surface area contributed by atoms with Gasteiger partial charge in [-0.25, -0.2) is 4.79 Å². The number of para-hydroxylation sites is 1. The van der Waals surface area contributed by atoms with Gasteiger partial charge in [0.1, 0.15) is 11.9 Å². The summed E-state index contributed by atoms with van der Waals surface area (Å²) in [6.45, 7) is 3.44. The van der Waals surface area contributed by atoms with Gasteiger partial charge in [-0.15, -0.1) is 0 Å². The molecule has 114 valence electrons. The lowest BCUT2D eigenvalue weighted by molar-refractivity contribution is -0.110. The van der Waals surface area contributed by atoms with Crippen molar-refractivity contribution in [3.63, 3.8) is 0 Å². The van der Waals surface area contributed by atoms with Gasteiger partial charge in [-0.05, 0) is 25.6 Å². The Kier molecular flexibility index (Phi) is 4.47. The summed E-state index contributed by atoms with van der Waals surface area (Å²) in [6.07, 6.45) is -0.109. The molecule has 2 N–H and O–H groups in total.